The molecule has 4 aromatic rings. The molecule has 1 saturated heterocycles. The number of hydrogen-bond donors (Lipinski definition) is 1. The number of allylic oxidation sites excluding steroid dienone is 1. The van der Waals surface area contributed by atoms with Crippen LogP contribution in [0, 0.1) is 0 Å². The standard InChI is InChI=1S/C27H27N5O/c1-33-27(11-14-28-15-12-27)21-8-6-19(7-9-21)20-16-30-26-24(17-31-32(26)18-20)22-10-13-29-25-5-3-2-4-23(22)25/h3,5-10,13,16-18,28H,2,4,11-12,14-15H2,1H3. The van der Waals surface area contributed by atoms with Gasteiger partial charge in [0.1, 0.15) is 0 Å². The first kappa shape index (κ1) is 20.3. The van der Waals surface area contributed by atoms with Crippen molar-refractivity contribution in [3.8, 4) is 22.3 Å². The summed E-state index contributed by atoms with van der Waals surface area (Å²) in [6, 6.07) is 10.8. The van der Waals surface area contributed by atoms with E-state index in [1.807, 2.05) is 30.2 Å². The smallest absolute Gasteiger partial charge is 0.162 e. The van der Waals surface area contributed by atoms with Crippen LogP contribution < -0.4 is 5.32 Å². The van der Waals surface area contributed by atoms with Crippen LogP contribution in [-0.4, -0.2) is 39.8 Å². The molecular weight excluding hydrogens is 410 g/mol. The highest BCUT2D eigenvalue weighted by Gasteiger charge is 2.33. The van der Waals surface area contributed by atoms with Crippen LogP contribution in [0.5, 0.6) is 0 Å². The second-order valence-corrected chi connectivity index (χ2v) is 8.86. The Bertz CT molecular complexity index is 1330. The summed E-state index contributed by atoms with van der Waals surface area (Å²) >= 11 is 0. The Kier molecular flexibility index (Phi) is 5.04. The Morgan fingerprint density at radius 2 is 1.82 bits per heavy atom. The van der Waals surface area contributed by atoms with E-state index >= 15 is 0 Å². The molecule has 33 heavy (non-hydrogen) atoms. The van der Waals surface area contributed by atoms with E-state index in [0.717, 1.165) is 66.8 Å². The van der Waals surface area contributed by atoms with E-state index in [1.165, 1.54) is 16.7 Å². The minimum Gasteiger partial charge on any atom is -0.373 e. The number of benzene rings is 1. The lowest BCUT2D eigenvalue weighted by molar-refractivity contribution is -0.0391. The van der Waals surface area contributed by atoms with Crippen LogP contribution >= 0.6 is 0 Å². The van der Waals surface area contributed by atoms with Gasteiger partial charge in [0.25, 0.3) is 0 Å². The van der Waals surface area contributed by atoms with Gasteiger partial charge in [0, 0.05) is 36.8 Å². The molecule has 3 aromatic heterocycles. The molecule has 0 unspecified atom stereocenters. The van der Waals surface area contributed by atoms with Crippen molar-refractivity contribution in [2.24, 2.45) is 0 Å². The van der Waals surface area contributed by atoms with Crippen LogP contribution in [0.1, 0.15) is 36.1 Å². The molecule has 0 bridgehead atoms. The van der Waals surface area contributed by atoms with Gasteiger partial charge in [-0.25, -0.2) is 9.50 Å². The molecule has 6 heteroatoms. The number of piperidine rings is 1. The van der Waals surface area contributed by atoms with Gasteiger partial charge in [-0.2, -0.15) is 5.10 Å². The summed E-state index contributed by atoms with van der Waals surface area (Å²) in [7, 11) is 1.82. The molecule has 0 saturated carbocycles. The largest absolute Gasteiger partial charge is 0.373 e. The van der Waals surface area contributed by atoms with Gasteiger partial charge in [0.05, 0.1) is 17.5 Å². The zero-order valence-electron chi connectivity index (χ0n) is 18.8. The number of fused-ring (bicyclic) bond motifs is 2. The van der Waals surface area contributed by atoms with E-state index in [0.29, 0.717) is 0 Å². The van der Waals surface area contributed by atoms with Gasteiger partial charge in [0.15, 0.2) is 5.65 Å². The molecule has 1 fully saturated rings. The number of pyridine rings is 1. The van der Waals surface area contributed by atoms with Crippen LogP contribution in [0.3, 0.4) is 0 Å². The number of ether oxygens (including phenoxy) is 1. The van der Waals surface area contributed by atoms with E-state index in [4.69, 9.17) is 9.72 Å². The maximum Gasteiger partial charge on any atom is 0.162 e. The van der Waals surface area contributed by atoms with Crippen molar-refractivity contribution in [1.29, 1.82) is 0 Å². The zero-order valence-corrected chi connectivity index (χ0v) is 18.8. The summed E-state index contributed by atoms with van der Waals surface area (Å²) in [4.78, 5) is 9.34. The van der Waals surface area contributed by atoms with Gasteiger partial charge in [-0.15, -0.1) is 0 Å². The summed E-state index contributed by atoms with van der Waals surface area (Å²) in [6.45, 7) is 1.96. The fourth-order valence-electron chi connectivity index (χ4n) is 5.21. The molecule has 1 aliphatic heterocycles. The van der Waals surface area contributed by atoms with E-state index in [1.54, 1.807) is 0 Å². The summed E-state index contributed by atoms with van der Waals surface area (Å²) in [5.74, 6) is 0. The summed E-state index contributed by atoms with van der Waals surface area (Å²) < 4.78 is 7.86. The fraction of sp³-hybridized carbons (Fsp3) is 0.296. The third kappa shape index (κ3) is 3.46. The van der Waals surface area contributed by atoms with Crippen molar-refractivity contribution < 1.29 is 4.74 Å². The fourth-order valence-corrected chi connectivity index (χ4v) is 5.21. The first-order valence-electron chi connectivity index (χ1n) is 11.6. The van der Waals surface area contributed by atoms with E-state index in [-0.39, 0.29) is 5.60 Å². The van der Waals surface area contributed by atoms with Gasteiger partial charge in [-0.05, 0) is 73.2 Å². The van der Waals surface area contributed by atoms with Crippen molar-refractivity contribution >= 4 is 11.7 Å². The molecule has 166 valence electrons. The maximum absolute atomic E-state index is 5.98. The molecule has 0 spiro atoms. The van der Waals surface area contributed by atoms with Crippen molar-refractivity contribution in [1.82, 2.24) is 24.9 Å². The Hall–Kier alpha value is -3.35. The zero-order chi connectivity index (χ0) is 22.3. The van der Waals surface area contributed by atoms with Crippen molar-refractivity contribution in [3.05, 3.63) is 78.0 Å². The summed E-state index contributed by atoms with van der Waals surface area (Å²) in [5, 5.41) is 8.06. The van der Waals surface area contributed by atoms with Crippen molar-refractivity contribution in [2.75, 3.05) is 20.2 Å². The third-order valence-electron chi connectivity index (χ3n) is 7.12. The Morgan fingerprint density at radius 3 is 2.64 bits per heavy atom. The highest BCUT2D eigenvalue weighted by molar-refractivity contribution is 5.81. The number of aromatic nitrogens is 4. The third-order valence-corrected chi connectivity index (χ3v) is 7.12. The molecule has 2 aliphatic rings. The highest BCUT2D eigenvalue weighted by atomic mass is 16.5. The van der Waals surface area contributed by atoms with E-state index < -0.39 is 0 Å². The Morgan fingerprint density at radius 1 is 0.970 bits per heavy atom. The maximum atomic E-state index is 5.98. The van der Waals surface area contributed by atoms with Gasteiger partial charge in [-0.3, -0.25) is 4.98 Å². The number of nitrogens with one attached hydrogen (secondary N) is 1. The SMILES string of the molecule is COC1(c2ccc(-c3cnc4c(-c5ccnc6c5CCC=C6)cnn4c3)cc2)CCNCC1. The van der Waals surface area contributed by atoms with Gasteiger partial charge in [0.2, 0.25) is 0 Å². The predicted molar refractivity (Wildman–Crippen MR) is 130 cm³/mol. The number of methoxy groups -OCH3 is 1. The lowest BCUT2D eigenvalue weighted by Crippen LogP contribution is -2.41. The normalized spacial score (nSPS) is 17.2. The molecule has 1 N–H and O–H groups in total. The monoisotopic (exact) mass is 437 g/mol. The first-order valence-corrected chi connectivity index (χ1v) is 11.6. The van der Waals surface area contributed by atoms with Gasteiger partial charge >= 0.3 is 0 Å². The van der Waals surface area contributed by atoms with Gasteiger partial charge < -0.3 is 10.1 Å². The van der Waals surface area contributed by atoms with Crippen molar-refractivity contribution in [2.45, 2.75) is 31.3 Å². The summed E-state index contributed by atoms with van der Waals surface area (Å²) in [6.07, 6.45) is 16.1. The molecule has 6 nitrogen and oxygen atoms in total. The van der Waals surface area contributed by atoms with Gasteiger partial charge in [-0.1, -0.05) is 30.3 Å². The molecule has 0 atom stereocenters. The summed E-state index contributed by atoms with van der Waals surface area (Å²) in [5.41, 5.74) is 8.64. The molecular formula is C27H27N5O. The van der Waals surface area contributed by atoms with Crippen LogP contribution in [0.15, 0.2) is 61.2 Å². The number of nitrogens with zero attached hydrogens (tertiary/aromatic N) is 4. The van der Waals surface area contributed by atoms with Crippen LogP contribution in [-0.2, 0) is 16.8 Å². The molecule has 1 aliphatic carbocycles. The molecule has 6 rings (SSSR count). The molecule has 0 radical (unpaired) electrons. The topological polar surface area (TPSA) is 64.3 Å². The lowest BCUT2D eigenvalue weighted by Gasteiger charge is -2.37. The van der Waals surface area contributed by atoms with Crippen LogP contribution in [0.2, 0.25) is 0 Å². The average Bonchev–Trinajstić information content (AvgIpc) is 3.32. The lowest BCUT2D eigenvalue weighted by atomic mass is 9.84. The predicted octanol–water partition coefficient (Wildman–Crippen LogP) is 4.64. The van der Waals surface area contributed by atoms with Crippen LogP contribution in [0.4, 0.5) is 0 Å². The number of hydrogen-bond acceptors (Lipinski definition) is 5. The quantitative estimate of drug-likeness (QED) is 0.504. The molecule has 1 aromatic carbocycles. The minimum atomic E-state index is -0.193. The molecule has 4 heterocycles. The first-order chi connectivity index (χ1) is 16.3. The minimum absolute atomic E-state index is 0.193. The second kappa shape index (κ2) is 8.21. The average molecular weight is 438 g/mol. The van der Waals surface area contributed by atoms with Crippen molar-refractivity contribution in [3.63, 3.8) is 0 Å². The number of rotatable bonds is 4. The second-order valence-electron chi connectivity index (χ2n) is 8.86. The Balaban J connectivity index is 1.34. The molecule has 0 amide bonds. The van der Waals surface area contributed by atoms with E-state index in [2.05, 4.69) is 64.1 Å². The highest BCUT2D eigenvalue weighted by Crippen LogP contribution is 2.36. The van der Waals surface area contributed by atoms with Crippen LogP contribution in [0.25, 0.3) is 34.0 Å². The van der Waals surface area contributed by atoms with E-state index in [9.17, 15) is 0 Å². The Labute approximate surface area is 193 Å².